The Balaban J connectivity index is 2.78. The van der Waals surface area contributed by atoms with Crippen LogP contribution < -0.4 is 10.1 Å². The topological polar surface area (TPSA) is 38.3 Å². The average molecular weight is 263 g/mol. The highest BCUT2D eigenvalue weighted by molar-refractivity contribution is 5.83. The monoisotopic (exact) mass is 263 g/mol. The Morgan fingerprint density at radius 1 is 1.26 bits per heavy atom. The van der Waals surface area contributed by atoms with Crippen LogP contribution in [0.1, 0.15) is 45.1 Å². The van der Waals surface area contributed by atoms with Crippen molar-refractivity contribution in [1.82, 2.24) is 5.32 Å². The van der Waals surface area contributed by atoms with Crippen LogP contribution >= 0.6 is 0 Å². The van der Waals surface area contributed by atoms with Crippen molar-refractivity contribution < 1.29 is 9.53 Å². The van der Waals surface area contributed by atoms with Gasteiger partial charge in [0.25, 0.3) is 0 Å². The van der Waals surface area contributed by atoms with E-state index in [0.29, 0.717) is 0 Å². The van der Waals surface area contributed by atoms with E-state index in [9.17, 15) is 4.79 Å². The Kier molecular flexibility index (Phi) is 6.40. The number of benzene rings is 1. The van der Waals surface area contributed by atoms with Crippen LogP contribution in [0.3, 0.4) is 0 Å². The first-order valence-corrected chi connectivity index (χ1v) is 7.01. The van der Waals surface area contributed by atoms with E-state index in [2.05, 4.69) is 26.1 Å². The van der Waals surface area contributed by atoms with Crippen LogP contribution in [-0.4, -0.2) is 19.6 Å². The van der Waals surface area contributed by atoms with Gasteiger partial charge in [-0.05, 0) is 30.0 Å². The maximum Gasteiger partial charge on any atom is 0.227 e. The molecule has 1 rings (SSSR count). The van der Waals surface area contributed by atoms with Crippen LogP contribution in [0.2, 0.25) is 0 Å². The Labute approximate surface area is 116 Å². The molecule has 106 valence electrons. The molecule has 1 unspecified atom stereocenters. The predicted molar refractivity (Wildman–Crippen MR) is 78.5 cm³/mol. The highest BCUT2D eigenvalue weighted by Gasteiger charge is 2.23. The lowest BCUT2D eigenvalue weighted by Crippen LogP contribution is -2.32. The van der Waals surface area contributed by atoms with Gasteiger partial charge in [-0.25, -0.2) is 0 Å². The normalized spacial score (nSPS) is 12.3. The van der Waals surface area contributed by atoms with Gasteiger partial charge in [0.1, 0.15) is 5.75 Å². The van der Waals surface area contributed by atoms with Crippen molar-refractivity contribution in [3.8, 4) is 5.75 Å². The maximum absolute atomic E-state index is 12.3. The van der Waals surface area contributed by atoms with Crippen LogP contribution in [0, 0.1) is 5.92 Å². The van der Waals surface area contributed by atoms with Gasteiger partial charge in [-0.15, -0.1) is 0 Å². The zero-order chi connectivity index (χ0) is 14.3. The molecule has 0 heterocycles. The van der Waals surface area contributed by atoms with E-state index in [4.69, 9.17) is 4.74 Å². The van der Waals surface area contributed by atoms with Crippen LogP contribution in [0.15, 0.2) is 24.3 Å². The van der Waals surface area contributed by atoms with Gasteiger partial charge in [0.2, 0.25) is 5.91 Å². The van der Waals surface area contributed by atoms with E-state index >= 15 is 0 Å². The van der Waals surface area contributed by atoms with Crippen molar-refractivity contribution in [3.63, 3.8) is 0 Å². The van der Waals surface area contributed by atoms with Crippen molar-refractivity contribution in [3.05, 3.63) is 29.8 Å². The molecule has 3 nitrogen and oxygen atoms in total. The molecule has 0 saturated heterocycles. The molecule has 1 aromatic carbocycles. The average Bonchev–Trinajstić information content (AvgIpc) is 2.39. The number of unbranched alkanes of at least 4 members (excludes halogenated alkanes) is 1. The fourth-order valence-corrected chi connectivity index (χ4v) is 2.15. The van der Waals surface area contributed by atoms with Gasteiger partial charge in [0, 0.05) is 6.54 Å². The smallest absolute Gasteiger partial charge is 0.227 e. The highest BCUT2D eigenvalue weighted by Crippen LogP contribution is 2.26. The number of carbonyl (C=O) groups is 1. The second-order valence-corrected chi connectivity index (χ2v) is 5.14. The van der Waals surface area contributed by atoms with E-state index in [0.717, 1.165) is 30.7 Å². The maximum atomic E-state index is 12.3. The summed E-state index contributed by atoms with van der Waals surface area (Å²) in [7, 11) is 1.65. The van der Waals surface area contributed by atoms with E-state index in [1.807, 2.05) is 24.3 Å². The Bertz CT molecular complexity index is 384. The molecule has 1 N–H and O–H groups in total. The third kappa shape index (κ3) is 4.58. The number of carbonyl (C=O) groups excluding carboxylic acids is 1. The highest BCUT2D eigenvalue weighted by atomic mass is 16.5. The molecule has 0 fully saturated rings. The molecule has 3 heteroatoms. The third-order valence-electron chi connectivity index (χ3n) is 3.25. The molecule has 1 atom stereocenters. The van der Waals surface area contributed by atoms with Crippen molar-refractivity contribution in [2.45, 2.75) is 39.5 Å². The van der Waals surface area contributed by atoms with Crippen molar-refractivity contribution >= 4 is 5.91 Å². The molecule has 0 saturated carbocycles. The molecule has 0 aliphatic rings. The molecule has 0 aliphatic carbocycles. The SMILES string of the molecule is CCCCNC(=O)C(c1ccc(OC)cc1)C(C)C. The molecule has 0 radical (unpaired) electrons. The van der Waals surface area contributed by atoms with Gasteiger partial charge < -0.3 is 10.1 Å². The fourth-order valence-electron chi connectivity index (χ4n) is 2.15. The Morgan fingerprint density at radius 3 is 2.37 bits per heavy atom. The number of hydrogen-bond acceptors (Lipinski definition) is 2. The second kappa shape index (κ2) is 7.82. The minimum absolute atomic E-state index is 0.0947. The molecule has 19 heavy (non-hydrogen) atoms. The molecular weight excluding hydrogens is 238 g/mol. The second-order valence-electron chi connectivity index (χ2n) is 5.14. The molecular formula is C16H25NO2. The lowest BCUT2D eigenvalue weighted by atomic mass is 9.87. The minimum Gasteiger partial charge on any atom is -0.497 e. The summed E-state index contributed by atoms with van der Waals surface area (Å²) in [5.74, 6) is 1.11. The summed E-state index contributed by atoms with van der Waals surface area (Å²) < 4.78 is 5.15. The zero-order valence-electron chi connectivity index (χ0n) is 12.4. The number of rotatable bonds is 7. The number of nitrogens with one attached hydrogen (secondary N) is 1. The van der Waals surface area contributed by atoms with Gasteiger partial charge >= 0.3 is 0 Å². The van der Waals surface area contributed by atoms with E-state index < -0.39 is 0 Å². The molecule has 0 spiro atoms. The molecule has 1 aromatic rings. The Hall–Kier alpha value is -1.51. The Morgan fingerprint density at radius 2 is 1.89 bits per heavy atom. The first kappa shape index (κ1) is 15.5. The minimum atomic E-state index is -0.0947. The predicted octanol–water partition coefficient (Wildman–Crippen LogP) is 3.35. The van der Waals surface area contributed by atoms with Crippen molar-refractivity contribution in [2.24, 2.45) is 5.92 Å². The molecule has 0 bridgehead atoms. The lowest BCUT2D eigenvalue weighted by molar-refractivity contribution is -0.123. The standard InChI is InChI=1S/C16H25NO2/c1-5-6-11-17-16(18)15(12(2)3)13-7-9-14(19-4)10-8-13/h7-10,12,15H,5-6,11H2,1-4H3,(H,17,18). The first-order chi connectivity index (χ1) is 9.10. The number of hydrogen-bond donors (Lipinski definition) is 1. The fraction of sp³-hybridized carbons (Fsp3) is 0.562. The van der Waals surface area contributed by atoms with Gasteiger partial charge in [-0.1, -0.05) is 39.3 Å². The van der Waals surface area contributed by atoms with Gasteiger partial charge in [0.15, 0.2) is 0 Å². The summed E-state index contributed by atoms with van der Waals surface area (Å²) in [6.07, 6.45) is 2.12. The van der Waals surface area contributed by atoms with Crippen LogP contribution in [0.4, 0.5) is 0 Å². The van der Waals surface area contributed by atoms with Gasteiger partial charge in [-0.2, -0.15) is 0 Å². The van der Waals surface area contributed by atoms with E-state index in [1.165, 1.54) is 0 Å². The van der Waals surface area contributed by atoms with Crippen LogP contribution in [0.5, 0.6) is 5.75 Å². The summed E-state index contributed by atoms with van der Waals surface area (Å²) in [5, 5.41) is 3.02. The largest absolute Gasteiger partial charge is 0.497 e. The zero-order valence-corrected chi connectivity index (χ0v) is 12.4. The van der Waals surface area contributed by atoms with Gasteiger partial charge in [0.05, 0.1) is 13.0 Å². The number of methoxy groups -OCH3 is 1. The van der Waals surface area contributed by atoms with Crippen molar-refractivity contribution in [1.29, 1.82) is 0 Å². The number of ether oxygens (including phenoxy) is 1. The quantitative estimate of drug-likeness (QED) is 0.766. The summed E-state index contributed by atoms with van der Waals surface area (Å²) in [5.41, 5.74) is 1.05. The van der Waals surface area contributed by atoms with Crippen LogP contribution in [-0.2, 0) is 4.79 Å². The molecule has 0 aliphatic heterocycles. The summed E-state index contributed by atoms with van der Waals surface area (Å²) in [4.78, 5) is 12.3. The first-order valence-electron chi connectivity index (χ1n) is 7.01. The van der Waals surface area contributed by atoms with Crippen LogP contribution in [0.25, 0.3) is 0 Å². The van der Waals surface area contributed by atoms with Crippen molar-refractivity contribution in [2.75, 3.05) is 13.7 Å². The third-order valence-corrected chi connectivity index (χ3v) is 3.25. The van der Waals surface area contributed by atoms with E-state index in [-0.39, 0.29) is 17.7 Å². The number of amides is 1. The molecule has 0 aromatic heterocycles. The lowest BCUT2D eigenvalue weighted by Gasteiger charge is -2.21. The van der Waals surface area contributed by atoms with E-state index in [1.54, 1.807) is 7.11 Å². The molecule has 1 amide bonds. The summed E-state index contributed by atoms with van der Waals surface area (Å²) in [6, 6.07) is 7.76. The van der Waals surface area contributed by atoms with Gasteiger partial charge in [-0.3, -0.25) is 4.79 Å². The summed E-state index contributed by atoms with van der Waals surface area (Å²) >= 11 is 0. The summed E-state index contributed by atoms with van der Waals surface area (Å²) in [6.45, 7) is 7.03.